The standard InChI is InChI=1S/C21H25N5O3S/c1-4-26-15-23-24-20(26)13-14-22-21(27)17-7-9-18(10-8-17)25(3)30(28,29)19-11-5-16(2)6-12-19/h5-12,15H,4,13-14H2,1-3H3,(H,22,27). The van der Waals surface area contributed by atoms with Crippen LogP contribution in [0.25, 0.3) is 0 Å². The highest BCUT2D eigenvalue weighted by molar-refractivity contribution is 7.92. The molecule has 0 spiro atoms. The average molecular weight is 428 g/mol. The van der Waals surface area contributed by atoms with Crippen LogP contribution in [-0.4, -0.2) is 42.7 Å². The van der Waals surface area contributed by atoms with Gasteiger partial charge >= 0.3 is 0 Å². The Labute approximate surface area is 176 Å². The number of benzene rings is 2. The van der Waals surface area contributed by atoms with E-state index >= 15 is 0 Å². The molecule has 0 saturated carbocycles. The summed E-state index contributed by atoms with van der Waals surface area (Å²) in [5.74, 6) is 0.587. The van der Waals surface area contributed by atoms with Gasteiger partial charge in [0.15, 0.2) is 0 Å². The van der Waals surface area contributed by atoms with Gasteiger partial charge in [-0.25, -0.2) is 8.42 Å². The third kappa shape index (κ3) is 4.68. The van der Waals surface area contributed by atoms with Crippen molar-refractivity contribution in [1.82, 2.24) is 20.1 Å². The number of carbonyl (C=O) groups excluding carboxylic acids is 1. The highest BCUT2D eigenvalue weighted by Gasteiger charge is 2.21. The van der Waals surface area contributed by atoms with E-state index in [0.717, 1.165) is 17.9 Å². The minimum absolute atomic E-state index is 0.220. The van der Waals surface area contributed by atoms with Crippen LogP contribution in [0.4, 0.5) is 5.69 Å². The molecular formula is C21H25N5O3S. The number of sulfonamides is 1. The molecule has 0 aliphatic heterocycles. The summed E-state index contributed by atoms with van der Waals surface area (Å²) in [6, 6.07) is 13.2. The molecule has 0 aliphatic carbocycles. The highest BCUT2D eigenvalue weighted by atomic mass is 32.2. The van der Waals surface area contributed by atoms with E-state index < -0.39 is 10.0 Å². The predicted octanol–water partition coefficient (Wildman–Crippen LogP) is 2.40. The lowest BCUT2D eigenvalue weighted by Crippen LogP contribution is -2.28. The third-order valence-electron chi connectivity index (χ3n) is 4.84. The van der Waals surface area contributed by atoms with Crippen LogP contribution in [-0.2, 0) is 23.0 Å². The Bertz CT molecular complexity index is 1110. The first-order valence-corrected chi connectivity index (χ1v) is 11.1. The Balaban J connectivity index is 1.63. The maximum Gasteiger partial charge on any atom is 0.264 e. The molecule has 1 aromatic heterocycles. The molecule has 0 aliphatic rings. The molecule has 0 unspecified atom stereocenters. The first-order valence-electron chi connectivity index (χ1n) is 9.63. The molecule has 1 heterocycles. The molecule has 0 bridgehead atoms. The molecule has 9 heteroatoms. The van der Waals surface area contributed by atoms with E-state index in [1.165, 1.54) is 11.4 Å². The van der Waals surface area contributed by atoms with Crippen molar-refractivity contribution < 1.29 is 13.2 Å². The van der Waals surface area contributed by atoms with Crippen molar-refractivity contribution in [2.24, 2.45) is 0 Å². The fourth-order valence-electron chi connectivity index (χ4n) is 2.96. The van der Waals surface area contributed by atoms with Crippen molar-refractivity contribution in [3.63, 3.8) is 0 Å². The van der Waals surface area contributed by atoms with Crippen molar-refractivity contribution >= 4 is 21.6 Å². The van der Waals surface area contributed by atoms with Crippen molar-refractivity contribution in [3.8, 4) is 0 Å². The van der Waals surface area contributed by atoms with Gasteiger partial charge in [-0.05, 0) is 50.2 Å². The van der Waals surface area contributed by atoms with Crippen molar-refractivity contribution in [3.05, 3.63) is 71.8 Å². The molecule has 0 fully saturated rings. The van der Waals surface area contributed by atoms with Gasteiger partial charge in [-0.3, -0.25) is 9.10 Å². The third-order valence-corrected chi connectivity index (χ3v) is 6.64. The topological polar surface area (TPSA) is 97.2 Å². The zero-order valence-corrected chi connectivity index (χ0v) is 18.1. The minimum Gasteiger partial charge on any atom is -0.352 e. The van der Waals surface area contributed by atoms with Gasteiger partial charge in [-0.15, -0.1) is 10.2 Å². The second-order valence-corrected chi connectivity index (χ2v) is 8.84. The van der Waals surface area contributed by atoms with Crippen molar-refractivity contribution in [2.75, 3.05) is 17.9 Å². The number of hydrogen-bond acceptors (Lipinski definition) is 5. The monoisotopic (exact) mass is 427 g/mol. The molecule has 158 valence electrons. The van der Waals surface area contributed by atoms with Crippen LogP contribution in [0.3, 0.4) is 0 Å². The Morgan fingerprint density at radius 2 is 1.77 bits per heavy atom. The lowest BCUT2D eigenvalue weighted by molar-refractivity contribution is 0.0954. The van der Waals surface area contributed by atoms with Crippen LogP contribution in [0.15, 0.2) is 59.8 Å². The van der Waals surface area contributed by atoms with E-state index in [-0.39, 0.29) is 10.8 Å². The first-order chi connectivity index (χ1) is 14.3. The van der Waals surface area contributed by atoms with E-state index in [4.69, 9.17) is 0 Å². The van der Waals surface area contributed by atoms with Gasteiger partial charge < -0.3 is 9.88 Å². The largest absolute Gasteiger partial charge is 0.352 e. The summed E-state index contributed by atoms with van der Waals surface area (Å²) in [7, 11) is -2.18. The van der Waals surface area contributed by atoms with Crippen molar-refractivity contribution in [1.29, 1.82) is 0 Å². The number of hydrogen-bond donors (Lipinski definition) is 1. The number of carbonyl (C=O) groups is 1. The SMILES string of the molecule is CCn1cnnc1CCNC(=O)c1ccc(N(C)S(=O)(=O)c2ccc(C)cc2)cc1. The number of aromatic nitrogens is 3. The van der Waals surface area contributed by atoms with Gasteiger partial charge in [-0.1, -0.05) is 17.7 Å². The molecule has 2 aromatic carbocycles. The molecular weight excluding hydrogens is 402 g/mol. The van der Waals surface area contributed by atoms with Gasteiger partial charge in [0.2, 0.25) is 0 Å². The zero-order valence-electron chi connectivity index (χ0n) is 17.2. The van der Waals surface area contributed by atoms with E-state index in [2.05, 4.69) is 15.5 Å². The summed E-state index contributed by atoms with van der Waals surface area (Å²) >= 11 is 0. The Hall–Kier alpha value is -3.20. The second-order valence-electron chi connectivity index (χ2n) is 6.87. The second kappa shape index (κ2) is 9.08. The summed E-state index contributed by atoms with van der Waals surface area (Å²) in [6.07, 6.45) is 2.24. The summed E-state index contributed by atoms with van der Waals surface area (Å²) in [5, 5.41) is 10.8. The summed E-state index contributed by atoms with van der Waals surface area (Å²) in [5.41, 5.74) is 1.92. The normalized spacial score (nSPS) is 11.3. The zero-order chi connectivity index (χ0) is 21.7. The average Bonchev–Trinajstić information content (AvgIpc) is 3.21. The number of rotatable bonds is 8. The quantitative estimate of drug-likeness (QED) is 0.595. The number of aryl methyl sites for hydroxylation is 2. The number of anilines is 1. The van der Waals surface area contributed by atoms with Crippen LogP contribution in [0.2, 0.25) is 0 Å². The molecule has 0 atom stereocenters. The van der Waals surface area contributed by atoms with Gasteiger partial charge in [0.1, 0.15) is 12.2 Å². The summed E-state index contributed by atoms with van der Waals surface area (Å²) < 4.78 is 28.7. The lowest BCUT2D eigenvalue weighted by atomic mass is 10.2. The first kappa shape index (κ1) is 21.5. The molecule has 0 saturated heterocycles. The van der Waals surface area contributed by atoms with Gasteiger partial charge in [0, 0.05) is 32.1 Å². The number of nitrogens with one attached hydrogen (secondary N) is 1. The molecule has 3 aromatic rings. The molecule has 8 nitrogen and oxygen atoms in total. The fourth-order valence-corrected chi connectivity index (χ4v) is 4.15. The predicted molar refractivity (Wildman–Crippen MR) is 115 cm³/mol. The van der Waals surface area contributed by atoms with Crippen molar-refractivity contribution in [2.45, 2.75) is 31.7 Å². The van der Waals surface area contributed by atoms with E-state index in [0.29, 0.717) is 24.2 Å². The summed E-state index contributed by atoms with van der Waals surface area (Å²) in [4.78, 5) is 12.6. The van der Waals surface area contributed by atoms with Gasteiger partial charge in [0.05, 0.1) is 10.6 Å². The molecule has 3 rings (SSSR count). The van der Waals surface area contributed by atoms with Crippen LogP contribution in [0, 0.1) is 6.92 Å². The van der Waals surface area contributed by atoms with Gasteiger partial charge in [-0.2, -0.15) is 0 Å². The Morgan fingerprint density at radius 3 is 2.40 bits per heavy atom. The fraction of sp³-hybridized carbons (Fsp3) is 0.286. The van der Waals surface area contributed by atoms with Crippen LogP contribution in [0.1, 0.15) is 28.7 Å². The number of amides is 1. The van der Waals surface area contributed by atoms with Crippen LogP contribution >= 0.6 is 0 Å². The maximum absolute atomic E-state index is 12.8. The molecule has 30 heavy (non-hydrogen) atoms. The molecule has 0 radical (unpaired) electrons. The minimum atomic E-state index is -3.67. The molecule has 1 amide bonds. The highest BCUT2D eigenvalue weighted by Crippen LogP contribution is 2.22. The summed E-state index contributed by atoms with van der Waals surface area (Å²) in [6.45, 7) is 5.11. The van der Waals surface area contributed by atoms with Gasteiger partial charge in [0.25, 0.3) is 15.9 Å². The Morgan fingerprint density at radius 1 is 1.10 bits per heavy atom. The lowest BCUT2D eigenvalue weighted by Gasteiger charge is -2.20. The van der Waals surface area contributed by atoms with E-state index in [1.54, 1.807) is 54.9 Å². The number of nitrogens with zero attached hydrogens (tertiary/aromatic N) is 4. The van der Waals surface area contributed by atoms with E-state index in [1.807, 2.05) is 18.4 Å². The Kier molecular flexibility index (Phi) is 6.51. The molecule has 1 N–H and O–H groups in total. The smallest absolute Gasteiger partial charge is 0.264 e. The maximum atomic E-state index is 12.8. The van der Waals surface area contributed by atoms with Crippen LogP contribution in [0.5, 0.6) is 0 Å². The van der Waals surface area contributed by atoms with Crippen LogP contribution < -0.4 is 9.62 Å². The van der Waals surface area contributed by atoms with E-state index in [9.17, 15) is 13.2 Å².